The van der Waals surface area contributed by atoms with E-state index in [0.717, 1.165) is 33.0 Å². The van der Waals surface area contributed by atoms with E-state index in [1.54, 1.807) is 39.2 Å². The minimum atomic E-state index is -0.988. The quantitative estimate of drug-likeness (QED) is 0.252. The summed E-state index contributed by atoms with van der Waals surface area (Å²) in [4.78, 5) is 43.2. The van der Waals surface area contributed by atoms with Crippen molar-refractivity contribution in [2.75, 3.05) is 5.32 Å². The zero-order valence-electron chi connectivity index (χ0n) is 24.5. The lowest BCUT2D eigenvalue weighted by Gasteiger charge is -2.22. The van der Waals surface area contributed by atoms with E-state index >= 15 is 0 Å². The van der Waals surface area contributed by atoms with Crippen molar-refractivity contribution < 1.29 is 23.9 Å². The molecule has 0 spiro atoms. The first-order chi connectivity index (χ1) is 19.9. The molecular formula is C34H35N3O5. The highest BCUT2D eigenvalue weighted by molar-refractivity contribution is 6.04. The van der Waals surface area contributed by atoms with E-state index in [-0.39, 0.29) is 18.5 Å². The molecule has 2 amide bonds. The molecule has 2 atom stereocenters. The van der Waals surface area contributed by atoms with Gasteiger partial charge in [-0.2, -0.15) is 0 Å². The molecule has 4 aromatic rings. The van der Waals surface area contributed by atoms with Gasteiger partial charge in [0.1, 0.15) is 12.2 Å². The maximum absolute atomic E-state index is 13.8. The summed E-state index contributed by atoms with van der Waals surface area (Å²) >= 11 is 0. The summed E-state index contributed by atoms with van der Waals surface area (Å²) < 4.78 is 11.0. The first-order valence-electron chi connectivity index (χ1n) is 13.9. The average Bonchev–Trinajstić information content (AvgIpc) is 3.65. The monoisotopic (exact) mass is 565 g/mol. The molecule has 1 heterocycles. The molecule has 1 fully saturated rings. The number of carbonyl (C=O) groups excluding carboxylic acids is 3. The van der Waals surface area contributed by atoms with Crippen LogP contribution in [0.4, 0.5) is 10.5 Å². The van der Waals surface area contributed by atoms with Gasteiger partial charge < -0.3 is 20.1 Å². The normalized spacial score (nSPS) is 17.8. The van der Waals surface area contributed by atoms with Gasteiger partial charge in [0, 0.05) is 23.5 Å². The Labute approximate surface area is 245 Å². The van der Waals surface area contributed by atoms with Gasteiger partial charge in [0.05, 0.1) is 17.0 Å². The standard InChI is InChI=1S/C34H35N3O5/c1-21-6-13-28(22(2)16-21)30(38)41-20-23-7-10-26(11-8-23)34(18-29(34)37-32(40)42-33(3,4)5)31(39)36-27-12-9-25-19-35-15-14-24(25)17-27/h6-17,19,29H,18,20H2,1-5H3,(H,36,39)(H,37,40)/t29-,34?/m0/s1. The van der Waals surface area contributed by atoms with E-state index in [2.05, 4.69) is 15.6 Å². The van der Waals surface area contributed by atoms with Crippen molar-refractivity contribution >= 4 is 34.4 Å². The molecular weight excluding hydrogens is 530 g/mol. The van der Waals surface area contributed by atoms with Gasteiger partial charge in [0.2, 0.25) is 5.91 Å². The van der Waals surface area contributed by atoms with Crippen LogP contribution >= 0.6 is 0 Å². The minimum absolute atomic E-state index is 0.0944. The van der Waals surface area contributed by atoms with Crippen molar-refractivity contribution in [3.63, 3.8) is 0 Å². The summed E-state index contributed by atoms with van der Waals surface area (Å²) in [6, 6.07) is 20.1. The number of aromatic nitrogens is 1. The number of esters is 1. The molecule has 216 valence electrons. The first-order valence-corrected chi connectivity index (χ1v) is 13.9. The Balaban J connectivity index is 1.34. The van der Waals surface area contributed by atoms with Gasteiger partial charge in [0.25, 0.3) is 0 Å². The lowest BCUT2D eigenvalue weighted by atomic mass is 9.92. The van der Waals surface area contributed by atoms with Crippen LogP contribution in [0.2, 0.25) is 0 Å². The molecule has 1 aromatic heterocycles. The van der Waals surface area contributed by atoms with Crippen LogP contribution in [0, 0.1) is 13.8 Å². The maximum atomic E-state index is 13.8. The van der Waals surface area contributed by atoms with Gasteiger partial charge in [-0.1, -0.05) is 48.0 Å². The number of anilines is 1. The summed E-state index contributed by atoms with van der Waals surface area (Å²) in [5.74, 6) is -0.617. The Hall–Kier alpha value is -4.72. The van der Waals surface area contributed by atoms with Crippen LogP contribution in [0.15, 0.2) is 79.1 Å². The number of carbonyl (C=O) groups is 3. The molecule has 42 heavy (non-hydrogen) atoms. The fraction of sp³-hybridized carbons (Fsp3) is 0.294. The number of hydrogen-bond donors (Lipinski definition) is 2. The van der Waals surface area contributed by atoms with Crippen molar-refractivity contribution in [3.05, 3.63) is 107 Å². The van der Waals surface area contributed by atoms with Crippen molar-refractivity contribution in [2.45, 2.75) is 64.7 Å². The molecule has 1 aliphatic rings. The number of amides is 2. The fourth-order valence-electron chi connectivity index (χ4n) is 5.16. The molecule has 0 aliphatic heterocycles. The summed E-state index contributed by atoms with van der Waals surface area (Å²) in [6.07, 6.45) is 3.31. The third kappa shape index (κ3) is 6.28. The SMILES string of the molecule is Cc1ccc(C(=O)OCc2ccc(C3(C(=O)Nc4ccc5cnccc5c4)C[C@@H]3NC(=O)OC(C)(C)C)cc2)c(C)c1. The summed E-state index contributed by atoms with van der Waals surface area (Å²) in [7, 11) is 0. The van der Waals surface area contributed by atoms with Crippen molar-refractivity contribution in [1.82, 2.24) is 10.3 Å². The molecule has 0 saturated heterocycles. The number of nitrogens with zero attached hydrogens (tertiary/aromatic N) is 1. The van der Waals surface area contributed by atoms with E-state index < -0.39 is 23.2 Å². The Morgan fingerprint density at radius 3 is 2.43 bits per heavy atom. The van der Waals surface area contributed by atoms with E-state index in [4.69, 9.17) is 9.47 Å². The molecule has 5 rings (SSSR count). The van der Waals surface area contributed by atoms with Crippen LogP contribution in [0.1, 0.15) is 59.8 Å². The number of ether oxygens (including phenoxy) is 2. The van der Waals surface area contributed by atoms with Crippen molar-refractivity contribution in [2.24, 2.45) is 0 Å². The second-order valence-corrected chi connectivity index (χ2v) is 11.9. The first kappa shape index (κ1) is 28.8. The Morgan fingerprint density at radius 1 is 0.952 bits per heavy atom. The third-order valence-corrected chi connectivity index (χ3v) is 7.40. The topological polar surface area (TPSA) is 107 Å². The van der Waals surface area contributed by atoms with Gasteiger partial charge >= 0.3 is 12.1 Å². The molecule has 0 bridgehead atoms. The molecule has 8 nitrogen and oxygen atoms in total. The number of aryl methyl sites for hydroxylation is 2. The Morgan fingerprint density at radius 2 is 1.71 bits per heavy atom. The maximum Gasteiger partial charge on any atom is 0.407 e. The summed E-state index contributed by atoms with van der Waals surface area (Å²) in [5.41, 5.74) is 3.00. The van der Waals surface area contributed by atoms with Gasteiger partial charge in [-0.3, -0.25) is 9.78 Å². The highest BCUT2D eigenvalue weighted by Crippen LogP contribution is 2.49. The van der Waals surface area contributed by atoms with Crippen LogP contribution in [0.5, 0.6) is 0 Å². The molecule has 2 N–H and O–H groups in total. The second-order valence-electron chi connectivity index (χ2n) is 11.9. The molecule has 1 unspecified atom stereocenters. The predicted octanol–water partition coefficient (Wildman–Crippen LogP) is 6.38. The second kappa shape index (κ2) is 11.3. The number of benzene rings is 3. The van der Waals surface area contributed by atoms with Gasteiger partial charge in [-0.05, 0) is 87.4 Å². The minimum Gasteiger partial charge on any atom is -0.457 e. The number of hydrogen-bond acceptors (Lipinski definition) is 6. The molecule has 3 aromatic carbocycles. The molecule has 0 radical (unpaired) electrons. The van der Waals surface area contributed by atoms with Crippen molar-refractivity contribution in [1.29, 1.82) is 0 Å². The fourth-order valence-corrected chi connectivity index (χ4v) is 5.16. The van der Waals surface area contributed by atoms with Crippen LogP contribution in [-0.2, 0) is 26.3 Å². The van der Waals surface area contributed by atoms with E-state index in [1.165, 1.54) is 0 Å². The van der Waals surface area contributed by atoms with Gasteiger partial charge in [0.15, 0.2) is 0 Å². The van der Waals surface area contributed by atoms with Crippen LogP contribution < -0.4 is 10.6 Å². The zero-order valence-corrected chi connectivity index (χ0v) is 24.5. The van der Waals surface area contributed by atoms with Crippen LogP contribution in [0.3, 0.4) is 0 Å². The number of fused-ring (bicyclic) bond motifs is 1. The lowest BCUT2D eigenvalue weighted by Crippen LogP contribution is -2.40. The number of nitrogens with one attached hydrogen (secondary N) is 2. The Bertz CT molecular complexity index is 1660. The van der Waals surface area contributed by atoms with E-state index in [0.29, 0.717) is 17.7 Å². The summed E-state index contributed by atoms with van der Waals surface area (Å²) in [5, 5.41) is 7.85. The van der Waals surface area contributed by atoms with Crippen molar-refractivity contribution in [3.8, 4) is 0 Å². The molecule has 1 saturated carbocycles. The summed E-state index contributed by atoms with van der Waals surface area (Å²) in [6.45, 7) is 9.33. The highest BCUT2D eigenvalue weighted by Gasteiger charge is 2.62. The number of pyridine rings is 1. The highest BCUT2D eigenvalue weighted by atomic mass is 16.6. The number of alkyl carbamates (subject to hydrolysis) is 1. The predicted molar refractivity (Wildman–Crippen MR) is 161 cm³/mol. The zero-order chi connectivity index (χ0) is 30.1. The van der Waals surface area contributed by atoms with Gasteiger partial charge in [-0.15, -0.1) is 0 Å². The largest absolute Gasteiger partial charge is 0.457 e. The van der Waals surface area contributed by atoms with E-state index in [1.807, 2.05) is 74.5 Å². The molecule has 1 aliphatic carbocycles. The Kier molecular flexibility index (Phi) is 7.73. The lowest BCUT2D eigenvalue weighted by molar-refractivity contribution is -0.118. The molecule has 8 heteroatoms. The van der Waals surface area contributed by atoms with Crippen LogP contribution in [-0.4, -0.2) is 34.6 Å². The third-order valence-electron chi connectivity index (χ3n) is 7.40. The smallest absolute Gasteiger partial charge is 0.407 e. The number of rotatable bonds is 7. The van der Waals surface area contributed by atoms with E-state index in [9.17, 15) is 14.4 Å². The van der Waals surface area contributed by atoms with Gasteiger partial charge in [-0.25, -0.2) is 9.59 Å². The average molecular weight is 566 g/mol. The van der Waals surface area contributed by atoms with Crippen LogP contribution in [0.25, 0.3) is 10.8 Å².